The van der Waals surface area contributed by atoms with Crippen LogP contribution >= 0.6 is 0 Å². The summed E-state index contributed by atoms with van der Waals surface area (Å²) in [4.78, 5) is 93.1. The molecule has 0 radical (unpaired) electrons. The van der Waals surface area contributed by atoms with Gasteiger partial charge in [-0.2, -0.15) is 0 Å². The number of hydrogen-bond acceptors (Lipinski definition) is 17. The van der Waals surface area contributed by atoms with Crippen LogP contribution in [-0.2, 0) is 0 Å². The van der Waals surface area contributed by atoms with Crippen LogP contribution in [0.15, 0.2) is 236 Å². The van der Waals surface area contributed by atoms with E-state index < -0.39 is 0 Å². The van der Waals surface area contributed by atoms with Gasteiger partial charge in [-0.3, -0.25) is 38.6 Å². The predicted molar refractivity (Wildman–Crippen MR) is 389 cm³/mol. The van der Waals surface area contributed by atoms with Gasteiger partial charge in [0.25, 0.3) is 0 Å². The summed E-state index contributed by atoms with van der Waals surface area (Å²) in [6.45, 7) is 7.77. The highest BCUT2D eigenvalue weighted by molar-refractivity contribution is 6.33. The van der Waals surface area contributed by atoms with Crippen molar-refractivity contribution >= 4 is 92.7 Å². The molecule has 0 bridgehead atoms. The van der Waals surface area contributed by atoms with Gasteiger partial charge in [0.2, 0.25) is 0 Å². The van der Waals surface area contributed by atoms with Crippen molar-refractivity contribution < 1.29 is 58.4 Å². The second-order valence-corrected chi connectivity index (χ2v) is 23.6. The second kappa shape index (κ2) is 31.2. The van der Waals surface area contributed by atoms with Crippen molar-refractivity contribution in [1.29, 1.82) is 0 Å². The number of nitrogens with one attached hydrogen (secondary N) is 3. The van der Waals surface area contributed by atoms with E-state index in [1.54, 1.807) is 121 Å². The first-order chi connectivity index (χ1) is 48.5. The number of carbonyl (C=O) groups excluding carboxylic acids is 7. The van der Waals surface area contributed by atoms with E-state index in [0.717, 1.165) is 84.0 Å². The number of fused-ring (bicyclic) bond motifs is 6. The Morgan fingerprint density at radius 1 is 0.380 bits per heavy atom. The maximum absolute atomic E-state index is 13.2. The molecule has 0 aliphatic heterocycles. The number of aryl methyl sites for hydroxylation is 1. The Morgan fingerprint density at radius 3 is 1.02 bits per heavy atom. The monoisotopic (exact) mass is 1330 g/mol. The number of ether oxygens (including phenoxy) is 2. The number of ketones is 6. The van der Waals surface area contributed by atoms with Crippen LogP contribution in [0.3, 0.4) is 0 Å². The molecule has 17 heteroatoms. The number of nitrogens with zero attached hydrogens (tertiary/aromatic N) is 1. The number of aliphatic imine (C=N–C) groups is 1. The standard InChI is InChI=1S/C31H26N2O4.C21H13NO4.C21H15NO3.C10H15NO/c1-2-3-18-37-23-14-12-21(13-15-23)32-19-20-8-10-22(11-9-20)33-26-16-17-27(34)29-28(26)30(35)24-6-4-5-7-25(24)31(29)36;23-11-12-5-7-13(8-6-12)22-16-9-10-17(24)19-18(16)20(25)14-3-1-2-4-15(14)21(19)26;1-12-6-8-13(9-7-12)22-16-10-11-17(23)19-18(16)20(24)14-4-2-3-5-15(14)21(19)25;1-2-3-8-12-10-6-4-9(11)5-7-10/h4-17,19,33-34H,2-3,18H2,1H3;1-11,22,24H;2-11,22-23H,1H3;4-7H,2-3,8,11H2,1H3. The Labute approximate surface area is 577 Å². The molecular weight excluding hydrogens is 1260 g/mol. The normalized spacial score (nSPS) is 12.1. The fourth-order valence-electron chi connectivity index (χ4n) is 11.3. The Morgan fingerprint density at radius 2 is 0.690 bits per heavy atom. The maximum Gasteiger partial charge on any atom is 0.198 e. The number of aromatic hydroxyl groups is 3. The van der Waals surface area contributed by atoms with Crippen LogP contribution in [0.1, 0.15) is 157 Å². The number of rotatable bonds is 17. The van der Waals surface area contributed by atoms with Crippen LogP contribution in [0.5, 0.6) is 28.7 Å². The summed E-state index contributed by atoms with van der Waals surface area (Å²) >= 11 is 0. The number of unbranched alkanes of at least 4 members (excludes halogenated alkanes) is 2. The summed E-state index contributed by atoms with van der Waals surface area (Å²) < 4.78 is 11.1. The molecule has 498 valence electrons. The molecule has 3 aliphatic rings. The highest BCUT2D eigenvalue weighted by atomic mass is 16.5. The number of aldehydes is 1. The summed E-state index contributed by atoms with van der Waals surface area (Å²) in [5.74, 6) is -0.850. The average molecular weight is 1330 g/mol. The highest BCUT2D eigenvalue weighted by Gasteiger charge is 2.37. The minimum absolute atomic E-state index is 0.00297. The molecular formula is C83H69N5O12. The lowest BCUT2D eigenvalue weighted by molar-refractivity contribution is 0.0977. The van der Waals surface area contributed by atoms with Crippen molar-refractivity contribution in [1.82, 2.24) is 0 Å². The molecule has 11 aromatic rings. The van der Waals surface area contributed by atoms with E-state index in [9.17, 15) is 48.9 Å². The van der Waals surface area contributed by atoms with Gasteiger partial charge in [0.1, 0.15) is 35.0 Å². The van der Waals surface area contributed by atoms with Crippen LogP contribution in [0.25, 0.3) is 0 Å². The minimum atomic E-state index is -0.382. The third-order valence-corrected chi connectivity index (χ3v) is 16.6. The molecule has 0 unspecified atom stereocenters. The summed E-state index contributed by atoms with van der Waals surface area (Å²) in [7, 11) is 0. The number of nitrogens with two attached hydrogens (primary N) is 1. The molecule has 0 aromatic heterocycles. The summed E-state index contributed by atoms with van der Waals surface area (Å²) in [6.07, 6.45) is 6.91. The molecule has 0 spiro atoms. The number of carbonyl (C=O) groups is 7. The Balaban J connectivity index is 0.000000142. The van der Waals surface area contributed by atoms with E-state index >= 15 is 0 Å². The van der Waals surface area contributed by atoms with Crippen molar-refractivity contribution in [3.8, 4) is 28.7 Å². The molecule has 0 heterocycles. The zero-order valence-corrected chi connectivity index (χ0v) is 54.9. The van der Waals surface area contributed by atoms with Crippen LogP contribution in [0.2, 0.25) is 0 Å². The van der Waals surface area contributed by atoms with Gasteiger partial charge in [0.05, 0.1) is 69.3 Å². The molecule has 0 fully saturated rings. The van der Waals surface area contributed by atoms with Gasteiger partial charge in [-0.25, -0.2) is 0 Å². The fourth-order valence-corrected chi connectivity index (χ4v) is 11.3. The van der Waals surface area contributed by atoms with Gasteiger partial charge in [0, 0.05) is 67.9 Å². The van der Waals surface area contributed by atoms with Gasteiger partial charge in [0.15, 0.2) is 34.7 Å². The van der Waals surface area contributed by atoms with E-state index in [1.807, 2.05) is 104 Å². The first kappa shape index (κ1) is 68.4. The lowest BCUT2D eigenvalue weighted by Crippen LogP contribution is -2.22. The zero-order valence-electron chi connectivity index (χ0n) is 54.9. The molecule has 3 aliphatic carbocycles. The van der Waals surface area contributed by atoms with Crippen LogP contribution in [0, 0.1) is 6.92 Å². The number of benzene rings is 11. The number of anilines is 7. The molecule has 8 N–H and O–H groups in total. The van der Waals surface area contributed by atoms with Crippen molar-refractivity contribution in [3.63, 3.8) is 0 Å². The zero-order chi connectivity index (χ0) is 70.4. The minimum Gasteiger partial charge on any atom is -0.507 e. The topological polar surface area (TPSA) is 273 Å². The van der Waals surface area contributed by atoms with Crippen LogP contribution < -0.4 is 31.2 Å². The van der Waals surface area contributed by atoms with E-state index in [4.69, 9.17) is 15.2 Å². The molecule has 0 amide bonds. The van der Waals surface area contributed by atoms with Gasteiger partial charge < -0.3 is 46.5 Å². The summed E-state index contributed by atoms with van der Waals surface area (Å²) in [5, 5.41) is 40.3. The van der Waals surface area contributed by atoms with Gasteiger partial charge >= 0.3 is 0 Å². The predicted octanol–water partition coefficient (Wildman–Crippen LogP) is 17.2. The number of phenols is 3. The third-order valence-electron chi connectivity index (χ3n) is 16.6. The Bertz CT molecular complexity index is 4950. The third kappa shape index (κ3) is 15.3. The average Bonchev–Trinajstić information content (AvgIpc) is 0.760. The van der Waals surface area contributed by atoms with Gasteiger partial charge in [-0.15, -0.1) is 0 Å². The number of phenolic OH excluding ortho intramolecular Hbond substituents is 3. The molecule has 11 aromatic carbocycles. The van der Waals surface area contributed by atoms with E-state index in [-0.39, 0.29) is 90.9 Å². The molecule has 100 heavy (non-hydrogen) atoms. The van der Waals surface area contributed by atoms with Crippen molar-refractivity contribution in [2.75, 3.05) is 34.9 Å². The lowest BCUT2D eigenvalue weighted by Gasteiger charge is -2.21. The Kier molecular flexibility index (Phi) is 21.4. The van der Waals surface area contributed by atoms with Crippen molar-refractivity contribution in [2.45, 2.75) is 46.5 Å². The van der Waals surface area contributed by atoms with E-state index in [2.05, 4.69) is 34.8 Å². The number of nitrogen functional groups attached to an aromatic ring is 1. The molecule has 0 saturated heterocycles. The van der Waals surface area contributed by atoms with Crippen molar-refractivity contribution in [3.05, 3.63) is 314 Å². The number of hydrogen-bond donors (Lipinski definition) is 7. The molecule has 0 atom stereocenters. The second-order valence-electron chi connectivity index (χ2n) is 23.6. The molecule has 0 saturated carbocycles. The van der Waals surface area contributed by atoms with Crippen LogP contribution in [-0.4, -0.2) is 75.7 Å². The fraction of sp³-hybridized carbons (Fsp3) is 0.108. The highest BCUT2D eigenvalue weighted by Crippen LogP contribution is 2.42. The van der Waals surface area contributed by atoms with Crippen LogP contribution in [0.4, 0.5) is 45.5 Å². The van der Waals surface area contributed by atoms with E-state index in [0.29, 0.717) is 62.7 Å². The maximum atomic E-state index is 13.2. The van der Waals surface area contributed by atoms with Crippen molar-refractivity contribution in [2.24, 2.45) is 4.99 Å². The SMILES string of the molecule is CCCCOc1ccc(N)cc1.CCCCOc1ccc(N=Cc2ccc(Nc3ccc(O)c4c3C(=O)c3ccccc3C4=O)cc2)cc1.Cc1ccc(Nc2ccc(O)c3c2C(=O)c2ccccc2C3=O)cc1.O=Cc1ccc(Nc2ccc(O)c3c2C(=O)c2ccccc2C3=O)cc1. The van der Waals surface area contributed by atoms with Gasteiger partial charge in [-0.1, -0.05) is 129 Å². The summed E-state index contributed by atoms with van der Waals surface area (Å²) in [6, 6.07) is 66.0. The van der Waals surface area contributed by atoms with Gasteiger partial charge in [-0.05, 0) is 159 Å². The summed E-state index contributed by atoms with van der Waals surface area (Å²) in [5.41, 5.74) is 15.8. The van der Waals surface area contributed by atoms with E-state index in [1.165, 1.54) is 18.2 Å². The molecule has 17 nitrogen and oxygen atoms in total. The Hall–Kier alpha value is -13.0. The quantitative estimate of drug-likeness (QED) is 0.0147. The lowest BCUT2D eigenvalue weighted by atomic mass is 9.82. The smallest absolute Gasteiger partial charge is 0.198 e. The largest absolute Gasteiger partial charge is 0.507 e. The molecule has 14 rings (SSSR count). The first-order valence-corrected chi connectivity index (χ1v) is 32.4. The first-order valence-electron chi connectivity index (χ1n) is 32.4.